The van der Waals surface area contributed by atoms with E-state index in [0.717, 1.165) is 48.1 Å². The molecule has 124 valence electrons. The first-order valence-corrected chi connectivity index (χ1v) is 9.51. The second-order valence-electron chi connectivity index (χ2n) is 6.23. The molecule has 0 saturated heterocycles. The largest absolute Gasteiger partial charge is 0.486 e. The molecule has 1 aliphatic heterocycles. The van der Waals surface area contributed by atoms with Crippen molar-refractivity contribution in [3.05, 3.63) is 51.2 Å². The standard InChI is InChI=1S/C19H18ClNO2S/c20-17-9-14(13-5-6-24-11-13)7-15-8-16(23-18(15)17)10-21-19(22)12-3-1-2-4-12/h3,5-7,9,11,16H,1-2,4,8,10H2,(H,21,22)/t16-/m1/s1. The number of benzene rings is 1. The summed E-state index contributed by atoms with van der Waals surface area (Å²) in [7, 11) is 0. The van der Waals surface area contributed by atoms with Gasteiger partial charge in [-0.2, -0.15) is 11.3 Å². The molecule has 0 unspecified atom stereocenters. The van der Waals surface area contributed by atoms with Crippen molar-refractivity contribution in [3.8, 4) is 16.9 Å². The van der Waals surface area contributed by atoms with E-state index in [1.54, 1.807) is 11.3 Å². The molecule has 2 aromatic rings. The Balaban J connectivity index is 1.44. The van der Waals surface area contributed by atoms with Crippen LogP contribution in [0.15, 0.2) is 40.6 Å². The van der Waals surface area contributed by atoms with Crippen molar-refractivity contribution in [2.75, 3.05) is 6.54 Å². The van der Waals surface area contributed by atoms with Crippen molar-refractivity contribution in [1.82, 2.24) is 5.32 Å². The maximum Gasteiger partial charge on any atom is 0.247 e. The number of carbonyl (C=O) groups is 1. The topological polar surface area (TPSA) is 38.3 Å². The molecule has 5 heteroatoms. The molecule has 0 saturated carbocycles. The minimum absolute atomic E-state index is 0.0390. The van der Waals surface area contributed by atoms with Gasteiger partial charge >= 0.3 is 0 Å². The number of carbonyl (C=O) groups excluding carboxylic acids is 1. The van der Waals surface area contributed by atoms with E-state index < -0.39 is 0 Å². The van der Waals surface area contributed by atoms with Crippen LogP contribution in [-0.2, 0) is 11.2 Å². The van der Waals surface area contributed by atoms with Crippen LogP contribution in [0.1, 0.15) is 24.8 Å². The molecule has 0 spiro atoms. The van der Waals surface area contributed by atoms with E-state index in [-0.39, 0.29) is 12.0 Å². The molecule has 1 aromatic heterocycles. The SMILES string of the molecule is O=C(NC[C@H]1Cc2cc(-c3ccsc3)cc(Cl)c2O1)C1=CCCC1. The fraction of sp³-hybridized carbons (Fsp3) is 0.316. The summed E-state index contributed by atoms with van der Waals surface area (Å²) in [6.07, 6.45) is 5.72. The van der Waals surface area contributed by atoms with Gasteiger partial charge in [0.05, 0.1) is 11.6 Å². The number of nitrogens with one attached hydrogen (secondary N) is 1. The summed E-state index contributed by atoms with van der Waals surface area (Å²) in [5, 5.41) is 7.80. The van der Waals surface area contributed by atoms with Crippen LogP contribution in [0.4, 0.5) is 0 Å². The summed E-state index contributed by atoms with van der Waals surface area (Å²) in [6.45, 7) is 0.509. The number of hydrogen-bond donors (Lipinski definition) is 1. The first-order valence-electron chi connectivity index (χ1n) is 8.19. The van der Waals surface area contributed by atoms with E-state index in [9.17, 15) is 4.79 Å². The molecule has 1 aromatic carbocycles. The molecular formula is C19H18ClNO2S. The van der Waals surface area contributed by atoms with Crippen LogP contribution in [0.25, 0.3) is 11.1 Å². The fourth-order valence-corrected chi connectivity index (χ4v) is 4.24. The van der Waals surface area contributed by atoms with Crippen molar-refractivity contribution in [1.29, 1.82) is 0 Å². The minimum Gasteiger partial charge on any atom is -0.486 e. The van der Waals surface area contributed by atoms with Gasteiger partial charge in [0.15, 0.2) is 0 Å². The lowest BCUT2D eigenvalue weighted by Crippen LogP contribution is -2.35. The van der Waals surface area contributed by atoms with Gasteiger partial charge in [-0.05, 0) is 59.3 Å². The van der Waals surface area contributed by atoms with Gasteiger partial charge in [0.25, 0.3) is 0 Å². The molecular weight excluding hydrogens is 342 g/mol. The van der Waals surface area contributed by atoms with Crippen LogP contribution in [0.3, 0.4) is 0 Å². The van der Waals surface area contributed by atoms with Gasteiger partial charge in [-0.3, -0.25) is 4.79 Å². The quantitative estimate of drug-likeness (QED) is 0.866. The van der Waals surface area contributed by atoms with Gasteiger partial charge in [0, 0.05) is 17.6 Å². The van der Waals surface area contributed by atoms with Gasteiger partial charge in [0.2, 0.25) is 5.91 Å². The monoisotopic (exact) mass is 359 g/mol. The normalized spacial score (nSPS) is 18.9. The molecule has 1 N–H and O–H groups in total. The van der Waals surface area contributed by atoms with E-state index in [2.05, 4.69) is 28.2 Å². The van der Waals surface area contributed by atoms with Crippen LogP contribution >= 0.6 is 22.9 Å². The Morgan fingerprint density at radius 1 is 1.38 bits per heavy atom. The average Bonchev–Trinajstić information content (AvgIpc) is 3.32. The Labute approximate surface area is 150 Å². The number of allylic oxidation sites excluding steroid dienone is 1. The zero-order valence-electron chi connectivity index (χ0n) is 13.2. The minimum atomic E-state index is -0.0545. The molecule has 0 bridgehead atoms. The molecule has 1 amide bonds. The van der Waals surface area contributed by atoms with E-state index >= 15 is 0 Å². The molecule has 0 radical (unpaired) electrons. The number of rotatable bonds is 4. The number of ether oxygens (including phenoxy) is 1. The molecule has 24 heavy (non-hydrogen) atoms. The Kier molecular flexibility index (Phi) is 4.33. The third-order valence-corrected chi connectivity index (χ3v) is 5.49. The highest BCUT2D eigenvalue weighted by Crippen LogP contribution is 2.39. The molecule has 2 aliphatic rings. The van der Waals surface area contributed by atoms with Crippen molar-refractivity contribution in [3.63, 3.8) is 0 Å². The van der Waals surface area contributed by atoms with Gasteiger partial charge in [-0.1, -0.05) is 17.7 Å². The fourth-order valence-electron chi connectivity index (χ4n) is 3.29. The third kappa shape index (κ3) is 3.08. The van der Waals surface area contributed by atoms with E-state index in [4.69, 9.17) is 16.3 Å². The molecule has 1 aliphatic carbocycles. The van der Waals surface area contributed by atoms with Crippen LogP contribution in [0, 0.1) is 0 Å². The Morgan fingerprint density at radius 2 is 2.29 bits per heavy atom. The molecule has 4 rings (SSSR count). The van der Waals surface area contributed by atoms with Crippen molar-refractivity contribution in [2.24, 2.45) is 0 Å². The van der Waals surface area contributed by atoms with Crippen molar-refractivity contribution >= 4 is 28.8 Å². The Bertz CT molecular complexity index is 798. The van der Waals surface area contributed by atoms with Gasteiger partial charge in [-0.15, -0.1) is 0 Å². The summed E-state index contributed by atoms with van der Waals surface area (Å²) >= 11 is 8.08. The second kappa shape index (κ2) is 6.61. The molecule has 3 nitrogen and oxygen atoms in total. The third-order valence-electron chi connectivity index (χ3n) is 4.53. The summed E-state index contributed by atoms with van der Waals surface area (Å²) in [5.74, 6) is 0.798. The number of fused-ring (bicyclic) bond motifs is 1. The molecule has 0 fully saturated rings. The second-order valence-corrected chi connectivity index (χ2v) is 7.42. The van der Waals surface area contributed by atoms with Crippen LogP contribution in [0.5, 0.6) is 5.75 Å². The Hall–Kier alpha value is -1.78. The van der Waals surface area contributed by atoms with Crippen LogP contribution in [-0.4, -0.2) is 18.6 Å². The summed E-state index contributed by atoms with van der Waals surface area (Å²) in [6, 6.07) is 6.18. The maximum absolute atomic E-state index is 12.1. The zero-order chi connectivity index (χ0) is 16.5. The van der Waals surface area contributed by atoms with E-state index in [0.29, 0.717) is 11.6 Å². The van der Waals surface area contributed by atoms with Crippen LogP contribution < -0.4 is 10.1 Å². The Morgan fingerprint density at radius 3 is 3.04 bits per heavy atom. The summed E-state index contributed by atoms with van der Waals surface area (Å²) in [4.78, 5) is 12.1. The lowest BCUT2D eigenvalue weighted by molar-refractivity contribution is -0.117. The first kappa shape index (κ1) is 15.7. The highest BCUT2D eigenvalue weighted by Gasteiger charge is 2.27. The number of thiophene rings is 1. The van der Waals surface area contributed by atoms with Gasteiger partial charge in [-0.25, -0.2) is 0 Å². The summed E-state index contributed by atoms with van der Waals surface area (Å²) < 4.78 is 5.96. The lowest BCUT2D eigenvalue weighted by Gasteiger charge is -2.12. The number of hydrogen-bond acceptors (Lipinski definition) is 3. The van der Waals surface area contributed by atoms with Crippen molar-refractivity contribution in [2.45, 2.75) is 31.8 Å². The van der Waals surface area contributed by atoms with Gasteiger partial charge < -0.3 is 10.1 Å². The predicted octanol–water partition coefficient (Wildman–Crippen LogP) is 4.60. The van der Waals surface area contributed by atoms with E-state index in [1.807, 2.05) is 12.1 Å². The number of halogens is 1. The number of amides is 1. The van der Waals surface area contributed by atoms with Crippen LogP contribution in [0.2, 0.25) is 5.02 Å². The van der Waals surface area contributed by atoms with Crippen molar-refractivity contribution < 1.29 is 9.53 Å². The highest BCUT2D eigenvalue weighted by atomic mass is 35.5. The molecule has 2 heterocycles. The highest BCUT2D eigenvalue weighted by molar-refractivity contribution is 7.08. The molecule has 1 atom stereocenters. The predicted molar refractivity (Wildman–Crippen MR) is 97.8 cm³/mol. The first-order chi connectivity index (χ1) is 11.7. The van der Waals surface area contributed by atoms with E-state index in [1.165, 1.54) is 5.56 Å². The van der Waals surface area contributed by atoms with Gasteiger partial charge in [0.1, 0.15) is 11.9 Å². The zero-order valence-corrected chi connectivity index (χ0v) is 14.8. The lowest BCUT2D eigenvalue weighted by atomic mass is 10.0. The smallest absolute Gasteiger partial charge is 0.247 e. The summed E-state index contributed by atoms with van der Waals surface area (Å²) in [5.41, 5.74) is 4.31. The average molecular weight is 360 g/mol. The maximum atomic E-state index is 12.1.